The number of amides is 3. The van der Waals surface area contributed by atoms with Crippen LogP contribution in [0.3, 0.4) is 0 Å². The molecule has 0 spiro atoms. The molecule has 4 rings (SSSR count). The van der Waals surface area contributed by atoms with E-state index in [1.54, 1.807) is 11.1 Å². The Hall–Kier alpha value is -2.87. The van der Waals surface area contributed by atoms with Gasteiger partial charge in [0, 0.05) is 37.6 Å². The number of rotatable bonds is 4. The zero-order chi connectivity index (χ0) is 20.4. The molecule has 0 saturated carbocycles. The molecule has 3 heterocycles. The van der Waals surface area contributed by atoms with Crippen molar-refractivity contribution in [3.8, 4) is 0 Å². The molecule has 1 fully saturated rings. The molecule has 1 aromatic carbocycles. The Labute approximate surface area is 170 Å². The van der Waals surface area contributed by atoms with Crippen molar-refractivity contribution in [1.82, 2.24) is 9.78 Å². The lowest BCUT2D eigenvalue weighted by Gasteiger charge is -2.28. The number of hydrogen-bond acceptors (Lipinski definition) is 4. The minimum Gasteiger partial charge on any atom is -0.381 e. The smallest absolute Gasteiger partial charge is 0.323 e. The third-order valence-corrected chi connectivity index (χ3v) is 5.68. The summed E-state index contributed by atoms with van der Waals surface area (Å²) in [6.07, 6.45) is 4.75. The summed E-state index contributed by atoms with van der Waals surface area (Å²) in [6, 6.07) is 5.69. The van der Waals surface area contributed by atoms with Gasteiger partial charge in [0.15, 0.2) is 0 Å². The number of nitrogens with zero attached hydrogens (tertiary/aromatic N) is 3. The van der Waals surface area contributed by atoms with Gasteiger partial charge in [0.2, 0.25) is 5.91 Å². The molecule has 3 amide bonds. The number of anilines is 3. The Morgan fingerprint density at radius 1 is 1.24 bits per heavy atom. The molecule has 8 heteroatoms. The fourth-order valence-corrected chi connectivity index (χ4v) is 4.11. The Kier molecular flexibility index (Phi) is 5.53. The number of ether oxygens (including phenoxy) is 1. The van der Waals surface area contributed by atoms with E-state index in [-0.39, 0.29) is 11.9 Å². The molecule has 2 aromatic rings. The second kappa shape index (κ2) is 8.24. The van der Waals surface area contributed by atoms with E-state index in [1.807, 2.05) is 36.7 Å². The molecule has 0 radical (unpaired) electrons. The molecule has 29 heavy (non-hydrogen) atoms. The number of urea groups is 1. The first-order chi connectivity index (χ1) is 14.1. The molecule has 2 N–H and O–H groups in total. The Bertz CT molecular complexity index is 917. The Morgan fingerprint density at radius 2 is 2.03 bits per heavy atom. The van der Waals surface area contributed by atoms with Crippen LogP contribution in [0.2, 0.25) is 0 Å². The van der Waals surface area contributed by atoms with Gasteiger partial charge in [0.1, 0.15) is 0 Å². The minimum atomic E-state index is -0.307. The largest absolute Gasteiger partial charge is 0.381 e. The van der Waals surface area contributed by atoms with E-state index in [9.17, 15) is 9.59 Å². The van der Waals surface area contributed by atoms with E-state index in [0.29, 0.717) is 36.8 Å². The van der Waals surface area contributed by atoms with Gasteiger partial charge in [-0.1, -0.05) is 0 Å². The van der Waals surface area contributed by atoms with Crippen LogP contribution in [0, 0.1) is 6.92 Å². The first kappa shape index (κ1) is 19.4. The summed E-state index contributed by atoms with van der Waals surface area (Å²) in [5.74, 6) is 0.149. The third-order valence-electron chi connectivity index (χ3n) is 5.68. The van der Waals surface area contributed by atoms with Crippen LogP contribution < -0.4 is 15.5 Å². The van der Waals surface area contributed by atoms with Crippen molar-refractivity contribution in [3.05, 3.63) is 35.7 Å². The van der Waals surface area contributed by atoms with E-state index in [0.717, 1.165) is 43.0 Å². The monoisotopic (exact) mass is 397 g/mol. The van der Waals surface area contributed by atoms with Crippen LogP contribution in [-0.4, -0.2) is 41.5 Å². The zero-order valence-corrected chi connectivity index (χ0v) is 16.9. The molecule has 0 unspecified atom stereocenters. The summed E-state index contributed by atoms with van der Waals surface area (Å²) in [5.41, 5.74) is 4.36. The number of hydrogen-bond donors (Lipinski definition) is 2. The molecule has 0 atom stereocenters. The van der Waals surface area contributed by atoms with Crippen LogP contribution in [0.4, 0.5) is 21.9 Å². The van der Waals surface area contributed by atoms with Crippen LogP contribution >= 0.6 is 0 Å². The lowest BCUT2D eigenvalue weighted by molar-refractivity contribution is -0.118. The maximum absolute atomic E-state index is 12.5. The Balaban J connectivity index is 1.43. The molecule has 0 bridgehead atoms. The van der Waals surface area contributed by atoms with Crippen LogP contribution in [-0.2, 0) is 16.0 Å². The highest BCUT2D eigenvalue weighted by Gasteiger charge is 2.23. The van der Waals surface area contributed by atoms with Crippen LogP contribution in [0.25, 0.3) is 0 Å². The highest BCUT2D eigenvalue weighted by Crippen LogP contribution is 2.30. The fraction of sp³-hybridized carbons (Fsp3) is 0.476. The second-order valence-corrected chi connectivity index (χ2v) is 7.49. The average Bonchev–Trinajstić information content (AvgIpc) is 3.08. The standard InChI is InChI=1S/C21H27N5O3/c1-3-25-19-6-5-16(12-15(19)4-7-20(25)27)23-21(28)24-18-13-22-26(14(18)2)17-8-10-29-11-9-17/h5-6,12-13,17H,3-4,7-11H2,1-2H3,(H2,23,24,28). The minimum absolute atomic E-state index is 0.149. The number of fused-ring (bicyclic) bond motifs is 1. The summed E-state index contributed by atoms with van der Waals surface area (Å²) in [5, 5.41) is 10.2. The molecular weight excluding hydrogens is 370 g/mol. The van der Waals surface area contributed by atoms with Gasteiger partial charge < -0.3 is 20.3 Å². The molecule has 2 aliphatic heterocycles. The van der Waals surface area contributed by atoms with Crippen molar-refractivity contribution in [2.45, 2.75) is 45.6 Å². The molecule has 2 aliphatic rings. The quantitative estimate of drug-likeness (QED) is 0.827. The van der Waals surface area contributed by atoms with Crippen molar-refractivity contribution in [2.24, 2.45) is 0 Å². The number of aromatic nitrogens is 2. The average molecular weight is 397 g/mol. The number of carbonyl (C=O) groups is 2. The highest BCUT2D eigenvalue weighted by molar-refractivity contribution is 6.01. The van der Waals surface area contributed by atoms with Crippen molar-refractivity contribution < 1.29 is 14.3 Å². The van der Waals surface area contributed by atoms with Crippen molar-refractivity contribution in [1.29, 1.82) is 0 Å². The van der Waals surface area contributed by atoms with Gasteiger partial charge in [-0.2, -0.15) is 5.10 Å². The van der Waals surface area contributed by atoms with Crippen LogP contribution in [0.1, 0.15) is 43.5 Å². The molecule has 0 aliphatic carbocycles. The van der Waals surface area contributed by atoms with Crippen molar-refractivity contribution >= 4 is 29.0 Å². The second-order valence-electron chi connectivity index (χ2n) is 7.49. The van der Waals surface area contributed by atoms with Gasteiger partial charge in [-0.3, -0.25) is 9.48 Å². The number of nitrogens with one attached hydrogen (secondary N) is 2. The zero-order valence-electron chi connectivity index (χ0n) is 16.9. The first-order valence-corrected chi connectivity index (χ1v) is 10.2. The van der Waals surface area contributed by atoms with E-state index in [4.69, 9.17) is 4.74 Å². The summed E-state index contributed by atoms with van der Waals surface area (Å²) < 4.78 is 7.39. The summed E-state index contributed by atoms with van der Waals surface area (Å²) in [4.78, 5) is 26.3. The van der Waals surface area contributed by atoms with Crippen LogP contribution in [0.15, 0.2) is 24.4 Å². The maximum atomic E-state index is 12.5. The predicted molar refractivity (Wildman–Crippen MR) is 111 cm³/mol. The normalized spacial score (nSPS) is 17.2. The molecular formula is C21H27N5O3. The van der Waals surface area contributed by atoms with E-state index >= 15 is 0 Å². The van der Waals surface area contributed by atoms with Gasteiger partial charge in [-0.25, -0.2) is 4.79 Å². The fourth-order valence-electron chi connectivity index (χ4n) is 4.11. The number of aryl methyl sites for hydroxylation is 1. The van der Waals surface area contributed by atoms with Crippen LogP contribution in [0.5, 0.6) is 0 Å². The highest BCUT2D eigenvalue weighted by atomic mass is 16.5. The molecule has 1 aromatic heterocycles. The van der Waals surface area contributed by atoms with E-state index < -0.39 is 0 Å². The van der Waals surface area contributed by atoms with E-state index in [2.05, 4.69) is 15.7 Å². The third kappa shape index (κ3) is 3.98. The SMILES string of the molecule is CCN1C(=O)CCc2cc(NC(=O)Nc3cnn(C4CCOCC4)c3C)ccc21. The summed E-state index contributed by atoms with van der Waals surface area (Å²) in [7, 11) is 0. The summed E-state index contributed by atoms with van der Waals surface area (Å²) >= 11 is 0. The topological polar surface area (TPSA) is 88.5 Å². The number of carbonyl (C=O) groups excluding carboxylic acids is 2. The lowest BCUT2D eigenvalue weighted by Crippen LogP contribution is -2.34. The van der Waals surface area contributed by atoms with E-state index in [1.165, 1.54) is 0 Å². The molecule has 154 valence electrons. The maximum Gasteiger partial charge on any atom is 0.323 e. The molecule has 8 nitrogen and oxygen atoms in total. The number of benzene rings is 1. The van der Waals surface area contributed by atoms with Crippen molar-refractivity contribution in [3.63, 3.8) is 0 Å². The first-order valence-electron chi connectivity index (χ1n) is 10.2. The van der Waals surface area contributed by atoms with Gasteiger partial charge in [0.05, 0.1) is 23.6 Å². The van der Waals surface area contributed by atoms with Crippen molar-refractivity contribution in [2.75, 3.05) is 35.3 Å². The Morgan fingerprint density at radius 3 is 2.79 bits per heavy atom. The van der Waals surface area contributed by atoms with Gasteiger partial charge in [-0.05, 0) is 56.9 Å². The lowest BCUT2D eigenvalue weighted by atomic mass is 10.0. The predicted octanol–water partition coefficient (Wildman–Crippen LogP) is 3.49. The molecule has 1 saturated heterocycles. The summed E-state index contributed by atoms with van der Waals surface area (Å²) in [6.45, 7) is 6.07. The van der Waals surface area contributed by atoms with Gasteiger partial charge in [0.25, 0.3) is 0 Å². The van der Waals surface area contributed by atoms with Gasteiger partial charge in [-0.15, -0.1) is 0 Å². The van der Waals surface area contributed by atoms with Gasteiger partial charge >= 0.3 is 6.03 Å².